The van der Waals surface area contributed by atoms with Gasteiger partial charge in [0.1, 0.15) is 18.2 Å². The summed E-state index contributed by atoms with van der Waals surface area (Å²) < 4.78 is 18.5. The fourth-order valence-electron chi connectivity index (χ4n) is 1.97. The van der Waals surface area contributed by atoms with Gasteiger partial charge in [0.25, 0.3) is 0 Å². The van der Waals surface area contributed by atoms with Gasteiger partial charge in [-0.1, -0.05) is 12.1 Å². The van der Waals surface area contributed by atoms with Crippen LogP contribution in [0.2, 0.25) is 0 Å². The molecule has 1 heterocycles. The minimum Gasteiger partial charge on any atom is -0.492 e. The van der Waals surface area contributed by atoms with Gasteiger partial charge in [0.05, 0.1) is 6.54 Å². The zero-order valence-electron chi connectivity index (χ0n) is 13.5. The molecule has 0 aliphatic heterocycles. The second-order valence-electron chi connectivity index (χ2n) is 4.80. The third-order valence-electron chi connectivity index (χ3n) is 3.08. The van der Waals surface area contributed by atoms with Crippen LogP contribution in [0.3, 0.4) is 0 Å². The first-order valence-corrected chi connectivity index (χ1v) is 7.51. The van der Waals surface area contributed by atoms with Gasteiger partial charge >= 0.3 is 0 Å². The van der Waals surface area contributed by atoms with Gasteiger partial charge in [-0.05, 0) is 24.3 Å². The third-order valence-corrected chi connectivity index (χ3v) is 3.08. The normalized spacial score (nSPS) is 10.7. The molecule has 5 nitrogen and oxygen atoms in total. The van der Waals surface area contributed by atoms with Gasteiger partial charge in [0.15, 0.2) is 5.96 Å². The molecule has 0 aliphatic carbocycles. The Morgan fingerprint density at radius 2 is 2.00 bits per heavy atom. The lowest BCUT2D eigenvalue weighted by Crippen LogP contribution is -2.40. The Kier molecular flexibility index (Phi) is 9.74. The quantitative estimate of drug-likeness (QED) is 0.299. The van der Waals surface area contributed by atoms with Crippen LogP contribution in [0.1, 0.15) is 5.69 Å². The van der Waals surface area contributed by atoms with Crippen LogP contribution in [-0.2, 0) is 6.42 Å². The lowest BCUT2D eigenvalue weighted by molar-refractivity contribution is 0.320. The van der Waals surface area contributed by atoms with Crippen LogP contribution in [0.5, 0.6) is 5.75 Å². The monoisotopic (exact) mass is 444 g/mol. The first kappa shape index (κ1) is 20.1. The van der Waals surface area contributed by atoms with Crippen molar-refractivity contribution in [3.8, 4) is 5.75 Å². The van der Waals surface area contributed by atoms with Gasteiger partial charge in [-0.25, -0.2) is 4.39 Å². The van der Waals surface area contributed by atoms with Crippen LogP contribution < -0.4 is 15.4 Å². The Labute approximate surface area is 158 Å². The highest BCUT2D eigenvalue weighted by molar-refractivity contribution is 14.0. The summed E-state index contributed by atoms with van der Waals surface area (Å²) in [6.07, 6.45) is 2.60. The van der Waals surface area contributed by atoms with Crippen molar-refractivity contribution in [1.82, 2.24) is 15.6 Å². The molecule has 0 amide bonds. The highest BCUT2D eigenvalue weighted by Gasteiger charge is 1.99. The largest absolute Gasteiger partial charge is 0.492 e. The molecule has 130 valence electrons. The summed E-state index contributed by atoms with van der Waals surface area (Å²) in [7, 11) is 1.71. The second kappa shape index (κ2) is 11.6. The van der Waals surface area contributed by atoms with Crippen molar-refractivity contribution in [2.45, 2.75) is 6.42 Å². The lowest BCUT2D eigenvalue weighted by Gasteiger charge is -2.12. The number of ether oxygens (including phenoxy) is 1. The molecule has 0 atom stereocenters. The Hall–Kier alpha value is -1.90. The van der Waals surface area contributed by atoms with Crippen molar-refractivity contribution in [3.63, 3.8) is 0 Å². The van der Waals surface area contributed by atoms with Crippen molar-refractivity contribution >= 4 is 29.9 Å². The van der Waals surface area contributed by atoms with Crippen LogP contribution >= 0.6 is 24.0 Å². The smallest absolute Gasteiger partial charge is 0.191 e. The number of nitrogens with zero attached hydrogens (tertiary/aromatic N) is 2. The Morgan fingerprint density at radius 3 is 2.71 bits per heavy atom. The van der Waals surface area contributed by atoms with E-state index in [0.717, 1.165) is 18.7 Å². The molecule has 0 unspecified atom stereocenters. The number of pyridine rings is 1. The topological polar surface area (TPSA) is 58.5 Å². The maximum Gasteiger partial charge on any atom is 0.191 e. The molecule has 7 heteroatoms. The second-order valence-corrected chi connectivity index (χ2v) is 4.80. The summed E-state index contributed by atoms with van der Waals surface area (Å²) in [6.45, 7) is 1.73. The summed E-state index contributed by atoms with van der Waals surface area (Å²) in [5.74, 6) is 0.913. The number of aliphatic imine (C=N–C) groups is 1. The third kappa shape index (κ3) is 7.58. The number of nitrogens with one attached hydrogen (secondary N) is 2. The molecule has 1 aromatic carbocycles. The van der Waals surface area contributed by atoms with Gasteiger partial charge in [0.2, 0.25) is 0 Å². The summed E-state index contributed by atoms with van der Waals surface area (Å²) in [5.41, 5.74) is 1.03. The van der Waals surface area contributed by atoms with E-state index in [1.165, 1.54) is 12.1 Å². The van der Waals surface area contributed by atoms with E-state index < -0.39 is 0 Å². The van der Waals surface area contributed by atoms with Gasteiger partial charge in [-0.15, -0.1) is 24.0 Å². The van der Waals surface area contributed by atoms with Gasteiger partial charge in [0, 0.05) is 38.0 Å². The van der Waals surface area contributed by atoms with E-state index in [-0.39, 0.29) is 29.8 Å². The van der Waals surface area contributed by atoms with Crippen LogP contribution in [-0.4, -0.2) is 37.7 Å². The van der Waals surface area contributed by atoms with Gasteiger partial charge in [-0.3, -0.25) is 9.98 Å². The molecule has 2 aromatic rings. The Bertz CT molecular complexity index is 625. The number of hydrogen-bond acceptors (Lipinski definition) is 3. The lowest BCUT2D eigenvalue weighted by atomic mass is 10.3. The minimum absolute atomic E-state index is 0. The molecule has 1 aromatic heterocycles. The number of guanidine groups is 1. The van der Waals surface area contributed by atoms with Crippen LogP contribution in [0.25, 0.3) is 0 Å². The molecular formula is C17H22FIN4O. The number of rotatable bonds is 7. The van der Waals surface area contributed by atoms with Crippen molar-refractivity contribution < 1.29 is 9.13 Å². The van der Waals surface area contributed by atoms with E-state index in [1.54, 1.807) is 25.4 Å². The molecule has 0 aliphatic rings. The molecule has 2 rings (SSSR count). The first-order chi connectivity index (χ1) is 11.3. The Balaban J connectivity index is 0.00000288. The molecule has 0 saturated carbocycles. The molecule has 0 bridgehead atoms. The number of halogens is 2. The minimum atomic E-state index is -0.303. The van der Waals surface area contributed by atoms with E-state index >= 15 is 0 Å². The molecular weight excluding hydrogens is 422 g/mol. The van der Waals surface area contributed by atoms with Crippen LogP contribution in [0.4, 0.5) is 4.39 Å². The molecule has 2 N–H and O–H groups in total. The Morgan fingerprint density at radius 1 is 1.17 bits per heavy atom. The predicted molar refractivity (Wildman–Crippen MR) is 105 cm³/mol. The van der Waals surface area contributed by atoms with E-state index in [0.29, 0.717) is 24.9 Å². The van der Waals surface area contributed by atoms with Crippen LogP contribution in [0.15, 0.2) is 53.7 Å². The van der Waals surface area contributed by atoms with Crippen molar-refractivity contribution in [2.24, 2.45) is 4.99 Å². The number of aromatic nitrogens is 1. The molecule has 0 fully saturated rings. The summed E-state index contributed by atoms with van der Waals surface area (Å²) in [4.78, 5) is 8.40. The molecule has 0 spiro atoms. The average Bonchev–Trinajstić information content (AvgIpc) is 2.58. The number of hydrogen-bond donors (Lipinski definition) is 2. The zero-order chi connectivity index (χ0) is 16.3. The first-order valence-electron chi connectivity index (χ1n) is 7.51. The van der Waals surface area contributed by atoms with Crippen molar-refractivity contribution in [2.75, 3.05) is 26.7 Å². The van der Waals surface area contributed by atoms with E-state index in [4.69, 9.17) is 4.74 Å². The SMILES string of the molecule is CN=C(NCCOc1cccc(F)c1)NCCc1ccccn1.I. The zero-order valence-corrected chi connectivity index (χ0v) is 15.9. The van der Waals surface area contributed by atoms with E-state index in [1.807, 2.05) is 18.2 Å². The molecule has 0 radical (unpaired) electrons. The summed E-state index contributed by atoms with van der Waals surface area (Å²) in [6, 6.07) is 12.0. The maximum absolute atomic E-state index is 13.0. The van der Waals surface area contributed by atoms with Gasteiger partial charge in [-0.2, -0.15) is 0 Å². The van der Waals surface area contributed by atoms with Crippen LogP contribution in [0, 0.1) is 5.82 Å². The van der Waals surface area contributed by atoms with Gasteiger partial charge < -0.3 is 15.4 Å². The highest BCUT2D eigenvalue weighted by Crippen LogP contribution is 2.11. The average molecular weight is 444 g/mol. The fourth-order valence-corrected chi connectivity index (χ4v) is 1.97. The molecule has 0 saturated heterocycles. The molecule has 24 heavy (non-hydrogen) atoms. The summed E-state index contributed by atoms with van der Waals surface area (Å²) >= 11 is 0. The predicted octanol–water partition coefficient (Wildman–Crippen LogP) is 2.63. The maximum atomic E-state index is 13.0. The van der Waals surface area contributed by atoms with Crippen molar-refractivity contribution in [1.29, 1.82) is 0 Å². The van der Waals surface area contributed by atoms with E-state index in [2.05, 4.69) is 20.6 Å². The van der Waals surface area contributed by atoms with E-state index in [9.17, 15) is 4.39 Å². The van der Waals surface area contributed by atoms with Crippen molar-refractivity contribution in [3.05, 3.63) is 60.2 Å². The fraction of sp³-hybridized carbons (Fsp3) is 0.294. The standard InChI is InChI=1S/C17H21FN4O.HI/c1-19-17(21-10-8-15-6-2-3-9-20-15)22-11-12-23-16-7-4-5-14(18)13-16;/h2-7,9,13H,8,10-12H2,1H3,(H2,19,21,22);1H. The highest BCUT2D eigenvalue weighted by atomic mass is 127. The number of benzene rings is 1. The summed E-state index contributed by atoms with van der Waals surface area (Å²) in [5, 5.41) is 6.35.